The molecule has 0 saturated heterocycles. The number of aromatic carboxylic acids is 1. The number of hydrogen-bond acceptors (Lipinski definition) is 3. The molecular formula is C14H13FN2O2. The van der Waals surface area contributed by atoms with Crippen molar-refractivity contribution in [2.75, 3.05) is 0 Å². The van der Waals surface area contributed by atoms with E-state index in [4.69, 9.17) is 5.11 Å². The molecule has 0 aliphatic heterocycles. The number of hydrogen-bond donors (Lipinski definition) is 1. The number of carboxylic acid groups (broad SMARTS) is 1. The van der Waals surface area contributed by atoms with Crippen LogP contribution in [0.3, 0.4) is 0 Å². The maximum absolute atomic E-state index is 12.8. The minimum Gasteiger partial charge on any atom is -0.475 e. The Kier molecular flexibility index (Phi) is 3.85. The maximum atomic E-state index is 12.8. The largest absolute Gasteiger partial charge is 0.475 e. The predicted molar refractivity (Wildman–Crippen MR) is 67.5 cm³/mol. The van der Waals surface area contributed by atoms with Crippen LogP contribution in [0.15, 0.2) is 30.3 Å². The summed E-state index contributed by atoms with van der Waals surface area (Å²) in [7, 11) is 0. The fourth-order valence-electron chi connectivity index (χ4n) is 1.78. The topological polar surface area (TPSA) is 63.1 Å². The van der Waals surface area contributed by atoms with Crippen molar-refractivity contribution in [3.05, 3.63) is 58.9 Å². The van der Waals surface area contributed by atoms with Gasteiger partial charge in [-0.3, -0.25) is 0 Å². The average Bonchev–Trinajstić information content (AvgIpc) is 2.37. The summed E-state index contributed by atoms with van der Waals surface area (Å²) in [6.45, 7) is 1.73. The number of rotatable bonds is 4. The molecule has 0 aliphatic carbocycles. The van der Waals surface area contributed by atoms with Crippen LogP contribution in [0.25, 0.3) is 0 Å². The third-order valence-electron chi connectivity index (χ3n) is 2.68. The summed E-state index contributed by atoms with van der Waals surface area (Å²) in [6.07, 6.45) is 1.27. The number of halogens is 1. The molecule has 19 heavy (non-hydrogen) atoms. The molecular weight excluding hydrogens is 247 g/mol. The predicted octanol–water partition coefficient (Wildman–Crippen LogP) is 2.41. The normalized spacial score (nSPS) is 10.4. The Morgan fingerprint density at radius 2 is 1.89 bits per heavy atom. The summed E-state index contributed by atoms with van der Waals surface area (Å²) in [5, 5.41) is 8.88. The van der Waals surface area contributed by atoms with E-state index in [9.17, 15) is 9.18 Å². The van der Waals surface area contributed by atoms with Gasteiger partial charge in [-0.2, -0.15) is 0 Å². The molecule has 2 aromatic rings. The van der Waals surface area contributed by atoms with Crippen molar-refractivity contribution in [1.82, 2.24) is 9.97 Å². The van der Waals surface area contributed by atoms with Crippen molar-refractivity contribution in [3.8, 4) is 0 Å². The molecule has 0 unspecified atom stereocenters. The van der Waals surface area contributed by atoms with E-state index in [-0.39, 0.29) is 11.6 Å². The first-order valence-electron chi connectivity index (χ1n) is 5.87. The second-order valence-electron chi connectivity index (χ2n) is 4.26. The van der Waals surface area contributed by atoms with E-state index in [1.54, 1.807) is 25.1 Å². The summed E-state index contributed by atoms with van der Waals surface area (Å²) in [5.74, 6) is -1.59. The van der Waals surface area contributed by atoms with E-state index in [2.05, 4.69) is 9.97 Å². The zero-order valence-electron chi connectivity index (χ0n) is 10.4. The summed E-state index contributed by atoms with van der Waals surface area (Å²) in [5.41, 5.74) is 2.28. The molecule has 5 heteroatoms. The Morgan fingerprint density at radius 1 is 1.21 bits per heavy atom. The smallest absolute Gasteiger partial charge is 0.373 e. The van der Waals surface area contributed by atoms with Crippen LogP contribution < -0.4 is 0 Å². The second-order valence-corrected chi connectivity index (χ2v) is 4.26. The minimum atomic E-state index is -1.13. The third-order valence-corrected chi connectivity index (χ3v) is 2.68. The van der Waals surface area contributed by atoms with Crippen molar-refractivity contribution in [3.63, 3.8) is 0 Å². The molecule has 0 atom stereocenters. The van der Waals surface area contributed by atoms with Gasteiger partial charge in [0.15, 0.2) is 0 Å². The molecule has 0 bridgehead atoms. The van der Waals surface area contributed by atoms with Gasteiger partial charge in [0.05, 0.1) is 0 Å². The summed E-state index contributed by atoms with van der Waals surface area (Å²) in [4.78, 5) is 18.7. The lowest BCUT2D eigenvalue weighted by molar-refractivity contribution is 0.0682. The number of nitrogens with zero attached hydrogens (tertiary/aromatic N) is 2. The third kappa shape index (κ3) is 3.58. The maximum Gasteiger partial charge on any atom is 0.373 e. The highest BCUT2D eigenvalue weighted by atomic mass is 19.1. The van der Waals surface area contributed by atoms with Gasteiger partial charge in [0.2, 0.25) is 5.82 Å². The van der Waals surface area contributed by atoms with Crippen LogP contribution in [-0.2, 0) is 12.8 Å². The van der Waals surface area contributed by atoms with Gasteiger partial charge in [0.1, 0.15) is 5.82 Å². The lowest BCUT2D eigenvalue weighted by Crippen LogP contribution is -2.08. The Hall–Kier alpha value is -2.30. The van der Waals surface area contributed by atoms with Crippen LogP contribution in [0, 0.1) is 12.7 Å². The molecule has 1 N–H and O–H groups in total. The van der Waals surface area contributed by atoms with Crippen LogP contribution in [0.5, 0.6) is 0 Å². The molecule has 0 aliphatic rings. The van der Waals surface area contributed by atoms with E-state index >= 15 is 0 Å². The molecule has 0 fully saturated rings. The second kappa shape index (κ2) is 5.56. The monoisotopic (exact) mass is 260 g/mol. The number of benzene rings is 1. The van der Waals surface area contributed by atoms with Crippen LogP contribution in [0.1, 0.15) is 27.6 Å². The van der Waals surface area contributed by atoms with E-state index < -0.39 is 5.97 Å². The summed E-state index contributed by atoms with van der Waals surface area (Å²) in [6, 6.07) is 7.99. The van der Waals surface area contributed by atoms with Gasteiger partial charge in [-0.1, -0.05) is 12.1 Å². The zero-order valence-corrected chi connectivity index (χ0v) is 10.4. The first-order valence-corrected chi connectivity index (χ1v) is 5.87. The minimum absolute atomic E-state index is 0.186. The average molecular weight is 260 g/mol. The van der Waals surface area contributed by atoms with Gasteiger partial charge in [-0.25, -0.2) is 19.2 Å². The molecule has 1 heterocycles. The van der Waals surface area contributed by atoms with Crippen LogP contribution in [0.4, 0.5) is 4.39 Å². The molecule has 1 aromatic carbocycles. The Balaban J connectivity index is 2.11. The fraction of sp³-hybridized carbons (Fsp3) is 0.214. The van der Waals surface area contributed by atoms with E-state index in [0.717, 1.165) is 5.56 Å². The summed E-state index contributed by atoms with van der Waals surface area (Å²) < 4.78 is 12.8. The van der Waals surface area contributed by atoms with Crippen molar-refractivity contribution >= 4 is 5.97 Å². The van der Waals surface area contributed by atoms with E-state index in [1.807, 2.05) is 0 Å². The highest BCUT2D eigenvalue weighted by molar-refractivity contribution is 5.83. The Morgan fingerprint density at radius 3 is 2.53 bits per heavy atom. The lowest BCUT2D eigenvalue weighted by atomic mass is 10.1. The van der Waals surface area contributed by atoms with Gasteiger partial charge in [0, 0.05) is 11.4 Å². The van der Waals surface area contributed by atoms with Crippen molar-refractivity contribution in [2.24, 2.45) is 0 Å². The van der Waals surface area contributed by atoms with Gasteiger partial charge in [0.25, 0.3) is 0 Å². The molecule has 4 nitrogen and oxygen atoms in total. The highest BCUT2D eigenvalue weighted by Gasteiger charge is 2.09. The Labute approximate surface area is 110 Å². The van der Waals surface area contributed by atoms with Gasteiger partial charge in [-0.05, 0) is 43.5 Å². The van der Waals surface area contributed by atoms with Crippen LogP contribution in [-0.4, -0.2) is 21.0 Å². The number of aromatic nitrogens is 2. The molecule has 0 amide bonds. The van der Waals surface area contributed by atoms with Crippen molar-refractivity contribution < 1.29 is 14.3 Å². The number of carboxylic acids is 1. The molecule has 0 saturated carbocycles. The number of carbonyl (C=O) groups is 1. The molecule has 98 valence electrons. The SMILES string of the molecule is Cc1cc(CCc2ccc(F)cc2)nc(C(=O)O)n1. The van der Waals surface area contributed by atoms with Gasteiger partial charge in [-0.15, -0.1) is 0 Å². The highest BCUT2D eigenvalue weighted by Crippen LogP contribution is 2.08. The molecule has 2 rings (SSSR count). The zero-order chi connectivity index (χ0) is 13.8. The number of aryl methyl sites for hydroxylation is 3. The fourth-order valence-corrected chi connectivity index (χ4v) is 1.78. The molecule has 0 spiro atoms. The lowest BCUT2D eigenvalue weighted by Gasteiger charge is -2.04. The van der Waals surface area contributed by atoms with Crippen LogP contribution >= 0.6 is 0 Å². The van der Waals surface area contributed by atoms with Crippen molar-refractivity contribution in [2.45, 2.75) is 19.8 Å². The van der Waals surface area contributed by atoms with Crippen LogP contribution in [0.2, 0.25) is 0 Å². The standard InChI is InChI=1S/C14H13FN2O2/c1-9-8-12(17-13(16-9)14(18)19)7-4-10-2-5-11(15)6-3-10/h2-3,5-6,8H,4,7H2,1H3,(H,18,19). The first-order chi connectivity index (χ1) is 9.04. The van der Waals surface area contributed by atoms with Gasteiger partial charge >= 0.3 is 5.97 Å². The van der Waals surface area contributed by atoms with E-state index in [0.29, 0.717) is 24.2 Å². The van der Waals surface area contributed by atoms with E-state index in [1.165, 1.54) is 12.1 Å². The molecule has 1 aromatic heterocycles. The van der Waals surface area contributed by atoms with Gasteiger partial charge < -0.3 is 5.11 Å². The quantitative estimate of drug-likeness (QED) is 0.916. The first kappa shape index (κ1) is 13.1. The molecule has 0 radical (unpaired) electrons. The Bertz CT molecular complexity index is 597. The summed E-state index contributed by atoms with van der Waals surface area (Å²) >= 11 is 0. The van der Waals surface area contributed by atoms with Crippen molar-refractivity contribution in [1.29, 1.82) is 0 Å².